The molecule has 1 atom stereocenters. The van der Waals surface area contributed by atoms with Gasteiger partial charge >= 0.3 is 0 Å². The molecule has 2 aromatic rings. The summed E-state index contributed by atoms with van der Waals surface area (Å²) in [4.78, 5) is 38.2. The first-order chi connectivity index (χ1) is 13.5. The van der Waals surface area contributed by atoms with Gasteiger partial charge in [0.15, 0.2) is 0 Å². The number of para-hydroxylation sites is 1. The highest BCUT2D eigenvalue weighted by atomic mass is 19.1. The fraction of sp³-hybridized carbons (Fsp3) is 0.286. The van der Waals surface area contributed by atoms with E-state index in [0.29, 0.717) is 17.8 Å². The second kappa shape index (κ2) is 8.65. The lowest BCUT2D eigenvalue weighted by molar-refractivity contribution is -0.122. The van der Waals surface area contributed by atoms with Gasteiger partial charge in [-0.3, -0.25) is 14.4 Å². The van der Waals surface area contributed by atoms with Gasteiger partial charge in [-0.25, -0.2) is 4.39 Å². The summed E-state index contributed by atoms with van der Waals surface area (Å²) >= 11 is 0. The molecule has 0 bridgehead atoms. The van der Waals surface area contributed by atoms with Gasteiger partial charge in [0, 0.05) is 30.8 Å². The molecule has 0 aliphatic carbocycles. The van der Waals surface area contributed by atoms with Gasteiger partial charge in [-0.15, -0.1) is 0 Å². The molecule has 6 nitrogen and oxygen atoms in total. The summed E-state index contributed by atoms with van der Waals surface area (Å²) in [5.74, 6) is -1.93. The molecule has 1 saturated heterocycles. The fourth-order valence-corrected chi connectivity index (χ4v) is 3.11. The minimum absolute atomic E-state index is 0.0108. The van der Waals surface area contributed by atoms with Crippen LogP contribution in [-0.4, -0.2) is 30.8 Å². The van der Waals surface area contributed by atoms with Crippen LogP contribution in [0.1, 0.15) is 30.1 Å². The zero-order valence-corrected chi connectivity index (χ0v) is 15.6. The third kappa shape index (κ3) is 4.36. The number of halogens is 1. The standard InChI is InChI=1S/C21H22FN3O3/c1-2-10-23-20(27)14-6-5-7-16(11-14)24-21(28)15-12-19(26)25(13-15)18-9-4-3-8-17(18)22/h3-9,11,15H,2,10,12-13H2,1H3,(H,23,27)(H,24,28). The lowest BCUT2D eigenvalue weighted by Gasteiger charge is -2.17. The van der Waals surface area contributed by atoms with Gasteiger partial charge in [0.2, 0.25) is 11.8 Å². The summed E-state index contributed by atoms with van der Waals surface area (Å²) in [6.45, 7) is 2.65. The Bertz CT molecular complexity index is 900. The van der Waals surface area contributed by atoms with Crippen LogP contribution < -0.4 is 15.5 Å². The van der Waals surface area contributed by atoms with Gasteiger partial charge in [-0.1, -0.05) is 25.1 Å². The first kappa shape index (κ1) is 19.5. The van der Waals surface area contributed by atoms with Crippen LogP contribution in [0.3, 0.4) is 0 Å². The van der Waals surface area contributed by atoms with Gasteiger partial charge in [-0.05, 0) is 36.8 Å². The number of hydrogen-bond donors (Lipinski definition) is 2. The molecule has 146 valence electrons. The minimum Gasteiger partial charge on any atom is -0.352 e. The second-order valence-corrected chi connectivity index (χ2v) is 6.68. The Morgan fingerprint density at radius 3 is 2.71 bits per heavy atom. The molecule has 1 fully saturated rings. The summed E-state index contributed by atoms with van der Waals surface area (Å²) in [6, 6.07) is 12.6. The van der Waals surface area contributed by atoms with Crippen LogP contribution in [0.2, 0.25) is 0 Å². The largest absolute Gasteiger partial charge is 0.352 e. The van der Waals surface area contributed by atoms with E-state index >= 15 is 0 Å². The molecule has 7 heteroatoms. The molecule has 2 N–H and O–H groups in total. The van der Waals surface area contributed by atoms with E-state index in [0.717, 1.165) is 6.42 Å². The van der Waals surface area contributed by atoms with Crippen LogP contribution in [0.15, 0.2) is 48.5 Å². The van der Waals surface area contributed by atoms with Crippen molar-refractivity contribution in [2.75, 3.05) is 23.3 Å². The van der Waals surface area contributed by atoms with Gasteiger partial charge in [-0.2, -0.15) is 0 Å². The highest BCUT2D eigenvalue weighted by molar-refractivity contribution is 6.04. The Balaban J connectivity index is 1.66. The number of nitrogens with zero attached hydrogens (tertiary/aromatic N) is 1. The number of carbonyl (C=O) groups excluding carboxylic acids is 3. The maximum absolute atomic E-state index is 14.0. The zero-order valence-electron chi connectivity index (χ0n) is 15.6. The molecule has 0 spiro atoms. The third-order valence-corrected chi connectivity index (χ3v) is 4.57. The average molecular weight is 383 g/mol. The Kier molecular flexibility index (Phi) is 6.03. The highest BCUT2D eigenvalue weighted by Crippen LogP contribution is 2.28. The molecule has 0 radical (unpaired) electrons. The lowest BCUT2D eigenvalue weighted by Crippen LogP contribution is -2.29. The Labute approximate surface area is 162 Å². The van der Waals surface area contributed by atoms with Crippen molar-refractivity contribution in [1.82, 2.24) is 5.32 Å². The van der Waals surface area contributed by atoms with Crippen LogP contribution in [0.25, 0.3) is 0 Å². The van der Waals surface area contributed by atoms with Gasteiger partial charge in [0.1, 0.15) is 5.82 Å². The number of rotatable bonds is 6. The van der Waals surface area contributed by atoms with Crippen LogP contribution in [-0.2, 0) is 9.59 Å². The van der Waals surface area contributed by atoms with E-state index in [2.05, 4.69) is 10.6 Å². The van der Waals surface area contributed by atoms with Crippen molar-refractivity contribution >= 4 is 29.1 Å². The van der Waals surface area contributed by atoms with E-state index in [1.54, 1.807) is 36.4 Å². The average Bonchev–Trinajstić information content (AvgIpc) is 3.08. The summed E-state index contributed by atoms with van der Waals surface area (Å²) in [5.41, 5.74) is 1.10. The van der Waals surface area contributed by atoms with Crippen LogP contribution in [0.4, 0.5) is 15.8 Å². The van der Waals surface area contributed by atoms with Gasteiger partial charge in [0.05, 0.1) is 11.6 Å². The van der Waals surface area contributed by atoms with E-state index in [4.69, 9.17) is 0 Å². The molecule has 0 saturated carbocycles. The van der Waals surface area contributed by atoms with Gasteiger partial charge in [0.25, 0.3) is 5.91 Å². The van der Waals surface area contributed by atoms with Crippen LogP contribution in [0.5, 0.6) is 0 Å². The predicted molar refractivity (Wildman–Crippen MR) is 105 cm³/mol. The lowest BCUT2D eigenvalue weighted by atomic mass is 10.1. The quantitative estimate of drug-likeness (QED) is 0.805. The highest BCUT2D eigenvalue weighted by Gasteiger charge is 2.36. The molecule has 1 aliphatic heterocycles. The monoisotopic (exact) mass is 383 g/mol. The topological polar surface area (TPSA) is 78.5 Å². The van der Waals surface area contributed by atoms with E-state index in [1.165, 1.54) is 17.0 Å². The van der Waals surface area contributed by atoms with Crippen molar-refractivity contribution in [1.29, 1.82) is 0 Å². The SMILES string of the molecule is CCCNC(=O)c1cccc(NC(=O)C2CC(=O)N(c3ccccc3F)C2)c1. The number of carbonyl (C=O) groups is 3. The second-order valence-electron chi connectivity index (χ2n) is 6.68. The van der Waals surface area contributed by atoms with Crippen molar-refractivity contribution in [3.63, 3.8) is 0 Å². The molecular formula is C21H22FN3O3. The summed E-state index contributed by atoms with van der Waals surface area (Å²) in [6.07, 6.45) is 0.841. The summed E-state index contributed by atoms with van der Waals surface area (Å²) in [5, 5.41) is 5.53. The predicted octanol–water partition coefficient (Wildman–Crippen LogP) is 2.96. The summed E-state index contributed by atoms with van der Waals surface area (Å²) in [7, 11) is 0. The maximum atomic E-state index is 14.0. The Morgan fingerprint density at radius 2 is 1.96 bits per heavy atom. The molecule has 1 unspecified atom stereocenters. The molecular weight excluding hydrogens is 361 g/mol. The zero-order chi connectivity index (χ0) is 20.1. The number of amides is 3. The normalized spacial score (nSPS) is 16.1. The molecule has 1 aliphatic rings. The first-order valence-electron chi connectivity index (χ1n) is 9.23. The number of benzene rings is 2. The molecule has 3 amide bonds. The van der Waals surface area contributed by atoms with Crippen LogP contribution in [0, 0.1) is 11.7 Å². The maximum Gasteiger partial charge on any atom is 0.251 e. The van der Waals surface area contributed by atoms with E-state index in [-0.39, 0.29) is 36.4 Å². The molecule has 2 aromatic carbocycles. The van der Waals surface area contributed by atoms with E-state index < -0.39 is 11.7 Å². The van der Waals surface area contributed by atoms with Gasteiger partial charge < -0.3 is 15.5 Å². The molecule has 28 heavy (non-hydrogen) atoms. The van der Waals surface area contributed by atoms with Crippen molar-refractivity contribution < 1.29 is 18.8 Å². The molecule has 3 rings (SSSR count). The minimum atomic E-state index is -0.593. The van der Waals surface area contributed by atoms with E-state index in [9.17, 15) is 18.8 Å². The molecule has 0 aromatic heterocycles. The molecule has 1 heterocycles. The number of nitrogens with one attached hydrogen (secondary N) is 2. The smallest absolute Gasteiger partial charge is 0.251 e. The fourth-order valence-electron chi connectivity index (χ4n) is 3.11. The third-order valence-electron chi connectivity index (χ3n) is 4.57. The van der Waals surface area contributed by atoms with Crippen molar-refractivity contribution in [3.8, 4) is 0 Å². The first-order valence-corrected chi connectivity index (χ1v) is 9.23. The number of anilines is 2. The Morgan fingerprint density at radius 1 is 1.18 bits per heavy atom. The van der Waals surface area contributed by atoms with E-state index in [1.807, 2.05) is 6.92 Å². The van der Waals surface area contributed by atoms with Crippen molar-refractivity contribution in [2.45, 2.75) is 19.8 Å². The number of hydrogen-bond acceptors (Lipinski definition) is 3. The van der Waals surface area contributed by atoms with Crippen LogP contribution >= 0.6 is 0 Å². The van der Waals surface area contributed by atoms with Crippen molar-refractivity contribution in [2.24, 2.45) is 5.92 Å². The Hall–Kier alpha value is -3.22. The summed E-state index contributed by atoms with van der Waals surface area (Å²) < 4.78 is 14.0. The van der Waals surface area contributed by atoms with Crippen molar-refractivity contribution in [3.05, 3.63) is 59.9 Å².